The van der Waals surface area contributed by atoms with Crippen LogP contribution in [0.5, 0.6) is 0 Å². The first-order chi connectivity index (χ1) is 5.10. The third-order valence-corrected chi connectivity index (χ3v) is 0.859. The molecule has 0 saturated carbocycles. The molecule has 0 heterocycles. The van der Waals surface area contributed by atoms with E-state index < -0.39 is 24.2 Å². The number of carbonyl (C=O) groups excluding carboxylic acids is 1. The van der Waals surface area contributed by atoms with Gasteiger partial charge in [-0.25, -0.2) is 4.79 Å². The van der Waals surface area contributed by atoms with Crippen molar-refractivity contribution in [2.24, 2.45) is 0 Å². The summed E-state index contributed by atoms with van der Waals surface area (Å²) in [5.74, 6) is -3.56. The molecule has 2 N–H and O–H groups in total. The van der Waals surface area contributed by atoms with Crippen molar-refractivity contribution < 1.29 is 23.9 Å². The number of Topliss-reactive ketones (excluding diaryl/α,β-unsaturated/α-hetero) is 1. The maximum atomic E-state index is 10.7. The Kier molecular flexibility index (Phi) is 0.954. The van der Waals surface area contributed by atoms with Gasteiger partial charge in [-0.3, -0.25) is 4.79 Å². The molecule has 0 bridgehead atoms. The monoisotopic (exact) mass is 138 g/mol. The molecule has 4 heteroatoms. The van der Waals surface area contributed by atoms with E-state index in [-0.39, 0.29) is 0 Å². The summed E-state index contributed by atoms with van der Waals surface area (Å²) in [5.41, 5.74) is -2.84. The predicted octanol–water partition coefficient (Wildman–Crippen LogP) is -0.589. The summed E-state index contributed by atoms with van der Waals surface area (Å²) in [6.45, 7) is -2.47. The van der Waals surface area contributed by atoms with Crippen molar-refractivity contribution >= 4 is 11.8 Å². The van der Waals surface area contributed by atoms with Crippen LogP contribution < -0.4 is 0 Å². The minimum Gasteiger partial charge on any atom is -0.479 e. The van der Waals surface area contributed by atoms with Crippen LogP contribution in [0.3, 0.4) is 0 Å². The summed E-state index contributed by atoms with van der Waals surface area (Å²) in [6.07, 6.45) is 0. The van der Waals surface area contributed by atoms with Crippen LogP contribution >= 0.6 is 0 Å². The number of hydrogen-bond acceptors (Lipinski definition) is 3. The van der Waals surface area contributed by atoms with Gasteiger partial charge in [0, 0.05) is 4.11 Å². The van der Waals surface area contributed by atoms with E-state index in [1.54, 1.807) is 0 Å². The Bertz CT molecular complexity index is 217. The smallest absolute Gasteiger partial charge is 0.343 e. The van der Waals surface area contributed by atoms with Crippen LogP contribution in [0.2, 0.25) is 0 Å². The first-order valence-electron chi connectivity index (χ1n) is 3.61. The van der Waals surface area contributed by atoms with E-state index in [0.29, 0.717) is 6.92 Å². The zero-order valence-corrected chi connectivity index (χ0v) is 4.71. The Balaban J connectivity index is 4.83. The van der Waals surface area contributed by atoms with Crippen LogP contribution in [0, 0.1) is 0 Å². The number of rotatable bonds is 2. The van der Waals surface area contributed by atoms with Gasteiger partial charge in [-0.05, 0) is 13.8 Å². The van der Waals surface area contributed by atoms with Gasteiger partial charge in [0.2, 0.25) is 5.60 Å². The Morgan fingerprint density at radius 1 is 1.67 bits per heavy atom. The van der Waals surface area contributed by atoms with E-state index in [1.807, 2.05) is 0 Å². The molecular formula is C5H8O4. The first-order valence-corrected chi connectivity index (χ1v) is 2.11. The molecule has 0 aromatic heterocycles. The van der Waals surface area contributed by atoms with Gasteiger partial charge >= 0.3 is 5.97 Å². The molecule has 9 heavy (non-hydrogen) atoms. The Labute approximate surface area is 56.3 Å². The molecule has 0 aromatic rings. The molecule has 1 unspecified atom stereocenters. The third-order valence-electron chi connectivity index (χ3n) is 0.859. The molecule has 0 aliphatic heterocycles. The Hall–Kier alpha value is -0.900. The van der Waals surface area contributed by atoms with Crippen molar-refractivity contribution in [1.29, 1.82) is 0 Å². The van der Waals surface area contributed by atoms with E-state index in [4.69, 9.17) is 14.3 Å². The van der Waals surface area contributed by atoms with E-state index in [9.17, 15) is 9.59 Å². The standard InChI is InChI=1S/C5H8O4/c1-3(6)5(2,9)4(7)8/h9H,1-2H3,(H,7,8)/i1+1D3,2+1,3+1. The van der Waals surface area contributed by atoms with Gasteiger partial charge in [0.15, 0.2) is 5.78 Å². The maximum absolute atomic E-state index is 10.7. The van der Waals surface area contributed by atoms with Crippen LogP contribution in [0.1, 0.15) is 17.9 Å². The summed E-state index contributed by atoms with van der Waals surface area (Å²) in [7, 11) is 0. The lowest BCUT2D eigenvalue weighted by Crippen LogP contribution is -2.41. The van der Waals surface area contributed by atoms with E-state index >= 15 is 0 Å². The van der Waals surface area contributed by atoms with Gasteiger partial charge < -0.3 is 10.2 Å². The first kappa shape index (κ1) is 4.00. The molecule has 0 saturated heterocycles. The summed E-state index contributed by atoms with van der Waals surface area (Å²) < 4.78 is 19.6. The number of aliphatic carboxylic acids is 1. The summed E-state index contributed by atoms with van der Waals surface area (Å²) in [5, 5.41) is 17.1. The highest BCUT2D eigenvalue weighted by atomic mass is 16.4. The second-order valence-corrected chi connectivity index (χ2v) is 1.71. The van der Waals surface area contributed by atoms with Crippen molar-refractivity contribution in [2.45, 2.75) is 19.4 Å². The van der Waals surface area contributed by atoms with Crippen molar-refractivity contribution in [2.75, 3.05) is 0 Å². The predicted molar refractivity (Wildman–Crippen MR) is 28.9 cm³/mol. The van der Waals surface area contributed by atoms with Gasteiger partial charge in [0.05, 0.1) is 0 Å². The molecule has 0 aliphatic rings. The Morgan fingerprint density at radius 2 is 2.11 bits per heavy atom. The lowest BCUT2D eigenvalue weighted by atomic mass is 10.3. The number of carboxylic acids is 1. The maximum Gasteiger partial charge on any atom is 0.343 e. The molecule has 52 valence electrons. The van der Waals surface area contributed by atoms with Crippen molar-refractivity contribution in [3.8, 4) is 0 Å². The highest BCUT2D eigenvalue weighted by molar-refractivity contribution is 6.04. The molecule has 4 nitrogen and oxygen atoms in total. The highest BCUT2D eigenvalue weighted by Crippen LogP contribution is 2.03. The van der Waals surface area contributed by atoms with E-state index in [2.05, 4.69) is 0 Å². The minimum absolute atomic E-state index is 0.629. The molecular weight excluding hydrogens is 127 g/mol. The molecule has 1 atom stereocenters. The quantitative estimate of drug-likeness (QED) is 0.395. The van der Waals surface area contributed by atoms with Gasteiger partial charge in [0.1, 0.15) is 0 Å². The van der Waals surface area contributed by atoms with Gasteiger partial charge in [0.25, 0.3) is 0 Å². The second kappa shape index (κ2) is 2.14. The van der Waals surface area contributed by atoms with Gasteiger partial charge in [-0.1, -0.05) is 0 Å². The third kappa shape index (κ3) is 1.50. The topological polar surface area (TPSA) is 74.6 Å². The zero-order valence-electron chi connectivity index (χ0n) is 7.71. The molecule has 0 radical (unpaired) electrons. The number of carboxylic acid groups (broad SMARTS) is 1. The zero-order chi connectivity index (χ0) is 10.2. The van der Waals surface area contributed by atoms with E-state index in [0.717, 1.165) is 0 Å². The fourth-order valence-corrected chi connectivity index (χ4v) is 0.0971. The van der Waals surface area contributed by atoms with Crippen molar-refractivity contribution in [3.05, 3.63) is 0 Å². The number of aliphatic hydroxyl groups is 1. The van der Waals surface area contributed by atoms with Crippen LogP contribution in [-0.4, -0.2) is 27.6 Å². The van der Waals surface area contributed by atoms with Crippen LogP contribution in [0.15, 0.2) is 0 Å². The highest BCUT2D eigenvalue weighted by Gasteiger charge is 2.35. The van der Waals surface area contributed by atoms with Gasteiger partial charge in [-0.15, -0.1) is 0 Å². The largest absolute Gasteiger partial charge is 0.479 e. The average Bonchev–Trinajstić information content (AvgIpc) is 1.83. The second-order valence-electron chi connectivity index (χ2n) is 1.71. The minimum atomic E-state index is -3.10. The molecule has 0 spiro atoms. The fraction of sp³-hybridized carbons (Fsp3) is 0.600. The molecule has 0 fully saturated rings. The summed E-state index contributed by atoms with van der Waals surface area (Å²) >= 11 is 0. The number of carbonyl (C=O) groups is 2. The fourth-order valence-electron chi connectivity index (χ4n) is 0.0971. The summed E-state index contributed by atoms with van der Waals surface area (Å²) in [4.78, 5) is 20.9. The Morgan fingerprint density at radius 3 is 2.22 bits per heavy atom. The summed E-state index contributed by atoms with van der Waals surface area (Å²) in [6, 6.07) is 0. The van der Waals surface area contributed by atoms with Crippen LogP contribution in [-0.2, 0) is 9.59 Å². The molecule has 0 aliphatic carbocycles. The average molecular weight is 138 g/mol. The molecule has 0 rings (SSSR count). The van der Waals surface area contributed by atoms with E-state index in [1.165, 1.54) is 0 Å². The lowest BCUT2D eigenvalue weighted by Gasteiger charge is -2.11. The number of hydrogen-bond donors (Lipinski definition) is 2. The van der Waals surface area contributed by atoms with Crippen LogP contribution in [0.4, 0.5) is 0 Å². The van der Waals surface area contributed by atoms with Crippen molar-refractivity contribution in [3.63, 3.8) is 0 Å². The van der Waals surface area contributed by atoms with Gasteiger partial charge in [-0.2, -0.15) is 0 Å². The lowest BCUT2D eigenvalue weighted by molar-refractivity contribution is -0.162. The van der Waals surface area contributed by atoms with Crippen molar-refractivity contribution in [1.82, 2.24) is 0 Å². The van der Waals surface area contributed by atoms with Crippen LogP contribution in [0.25, 0.3) is 0 Å². The SMILES string of the molecule is [2H][13C]([2H])([2H])[13C](=O)C([13CH3])(O)C(=O)O. The molecule has 0 aromatic carbocycles. The normalized spacial score (nSPS) is 22.7. The number of ketones is 1. The molecule has 0 amide bonds.